The summed E-state index contributed by atoms with van der Waals surface area (Å²) >= 11 is 0. The molecule has 3 aromatic carbocycles. The Morgan fingerprint density at radius 1 is 1.03 bits per heavy atom. The van der Waals surface area contributed by atoms with Crippen LogP contribution in [0, 0.1) is 11.6 Å². The van der Waals surface area contributed by atoms with Crippen LogP contribution in [0.1, 0.15) is 22.7 Å². The first-order valence-corrected chi connectivity index (χ1v) is 11.3. The molecule has 0 spiro atoms. The van der Waals surface area contributed by atoms with Crippen molar-refractivity contribution in [2.45, 2.75) is 12.5 Å². The first-order valence-electron chi connectivity index (χ1n) is 11.3. The van der Waals surface area contributed by atoms with Gasteiger partial charge in [0, 0.05) is 29.2 Å². The van der Waals surface area contributed by atoms with E-state index < -0.39 is 35.1 Å². The Morgan fingerprint density at radius 2 is 1.81 bits per heavy atom. The van der Waals surface area contributed by atoms with Crippen LogP contribution < -0.4 is 4.74 Å². The Balaban J connectivity index is 1.56. The minimum atomic E-state index is -1.01. The number of ketones is 1. The number of aromatic nitrogens is 1. The summed E-state index contributed by atoms with van der Waals surface area (Å²) in [6.45, 7) is 0.135. The zero-order valence-electron chi connectivity index (χ0n) is 19.3. The summed E-state index contributed by atoms with van der Waals surface area (Å²) in [5.74, 6) is -2.49. The lowest BCUT2D eigenvalue weighted by molar-refractivity contribution is -0.139. The zero-order valence-corrected chi connectivity index (χ0v) is 19.3. The molecule has 0 saturated carbocycles. The number of hydrogen-bond donors (Lipinski definition) is 2. The monoisotopic (exact) mass is 488 g/mol. The molecule has 0 radical (unpaired) electrons. The average molecular weight is 488 g/mol. The number of benzene rings is 3. The highest BCUT2D eigenvalue weighted by Crippen LogP contribution is 2.40. The molecule has 5 rings (SSSR count). The van der Waals surface area contributed by atoms with Gasteiger partial charge in [-0.25, -0.2) is 8.78 Å². The van der Waals surface area contributed by atoms with Gasteiger partial charge in [0.1, 0.15) is 23.1 Å². The van der Waals surface area contributed by atoms with Crippen molar-refractivity contribution in [3.63, 3.8) is 0 Å². The summed E-state index contributed by atoms with van der Waals surface area (Å²) in [7, 11) is 1.58. The van der Waals surface area contributed by atoms with Crippen LogP contribution >= 0.6 is 0 Å². The lowest BCUT2D eigenvalue weighted by Gasteiger charge is -2.25. The van der Waals surface area contributed by atoms with E-state index in [1.807, 2.05) is 24.4 Å². The molecule has 2 heterocycles. The van der Waals surface area contributed by atoms with Crippen LogP contribution in [0.5, 0.6) is 5.75 Å². The minimum absolute atomic E-state index is 0.135. The lowest BCUT2D eigenvalue weighted by atomic mass is 9.95. The summed E-state index contributed by atoms with van der Waals surface area (Å²) in [5.41, 5.74) is 2.16. The number of carbonyl (C=O) groups is 2. The average Bonchev–Trinajstić information content (AvgIpc) is 3.40. The zero-order chi connectivity index (χ0) is 25.4. The molecule has 36 heavy (non-hydrogen) atoms. The summed E-state index contributed by atoms with van der Waals surface area (Å²) in [5, 5.41) is 11.9. The second-order valence-electron chi connectivity index (χ2n) is 8.53. The second kappa shape index (κ2) is 9.30. The summed E-state index contributed by atoms with van der Waals surface area (Å²) in [4.78, 5) is 30.8. The van der Waals surface area contributed by atoms with E-state index in [1.54, 1.807) is 13.2 Å². The first-order chi connectivity index (χ1) is 17.4. The number of Topliss-reactive ketones (excluding diaryl/α,β-unsaturated/α-hetero) is 1. The van der Waals surface area contributed by atoms with Crippen LogP contribution in [0.25, 0.3) is 16.7 Å². The highest BCUT2D eigenvalue weighted by atomic mass is 19.1. The van der Waals surface area contributed by atoms with Gasteiger partial charge in [-0.15, -0.1) is 0 Å². The Morgan fingerprint density at radius 3 is 2.53 bits per heavy atom. The third-order valence-electron chi connectivity index (χ3n) is 6.42. The predicted octanol–water partition coefficient (Wildman–Crippen LogP) is 5.12. The maximum atomic E-state index is 14.2. The van der Waals surface area contributed by atoms with Crippen molar-refractivity contribution in [1.82, 2.24) is 9.88 Å². The Hall–Kier alpha value is -4.46. The van der Waals surface area contributed by atoms with E-state index >= 15 is 0 Å². The van der Waals surface area contributed by atoms with Crippen molar-refractivity contribution >= 4 is 28.4 Å². The fourth-order valence-corrected chi connectivity index (χ4v) is 4.63. The van der Waals surface area contributed by atoms with Crippen molar-refractivity contribution < 1.29 is 28.2 Å². The molecule has 182 valence electrons. The van der Waals surface area contributed by atoms with Crippen LogP contribution in [0.4, 0.5) is 8.78 Å². The molecule has 1 aliphatic rings. The number of likely N-dealkylation sites (tertiary alicyclic amines) is 1. The predicted molar refractivity (Wildman–Crippen MR) is 130 cm³/mol. The molecule has 6 nitrogen and oxygen atoms in total. The number of amides is 1. The number of nitrogens with zero attached hydrogens (tertiary/aromatic N) is 1. The summed E-state index contributed by atoms with van der Waals surface area (Å²) < 4.78 is 32.9. The Bertz CT molecular complexity index is 1510. The van der Waals surface area contributed by atoms with E-state index in [2.05, 4.69) is 4.98 Å². The van der Waals surface area contributed by atoms with Crippen LogP contribution in [-0.4, -0.2) is 40.3 Å². The molecule has 0 bridgehead atoms. The van der Waals surface area contributed by atoms with Gasteiger partial charge in [-0.1, -0.05) is 12.1 Å². The maximum absolute atomic E-state index is 14.2. The molecule has 2 N–H and O–H groups in total. The number of rotatable bonds is 6. The molecular weight excluding hydrogens is 466 g/mol. The number of nitrogens with one attached hydrogen (secondary N) is 1. The standard InChI is InChI=1S/C28H22F2N2O4/c1-36-21-9-10-23-22(14-21)18(15-31-23)11-12-32-25(17-3-2-4-20(30)13-17)24(27(34)28(32)35)26(33)16-5-7-19(29)8-6-16/h2-10,13-15,25,31,33H,11-12H2,1H3/t25-/m1/s1. The highest BCUT2D eigenvalue weighted by Gasteiger charge is 2.46. The largest absolute Gasteiger partial charge is 0.507 e. The molecule has 0 unspecified atom stereocenters. The van der Waals surface area contributed by atoms with E-state index in [0.717, 1.165) is 28.6 Å². The SMILES string of the molecule is COc1ccc2[nH]cc(CCN3C(=O)C(=O)C(=C(O)c4ccc(F)cc4)[C@H]3c3cccc(F)c3)c2c1. The van der Waals surface area contributed by atoms with Crippen LogP contribution in [0.15, 0.2) is 78.5 Å². The highest BCUT2D eigenvalue weighted by molar-refractivity contribution is 6.46. The first kappa shape index (κ1) is 23.3. The second-order valence-corrected chi connectivity index (χ2v) is 8.53. The quantitative estimate of drug-likeness (QED) is 0.224. The van der Waals surface area contributed by atoms with Crippen LogP contribution in [0.3, 0.4) is 0 Å². The molecule has 1 aromatic heterocycles. The van der Waals surface area contributed by atoms with Gasteiger partial charge in [0.15, 0.2) is 0 Å². The normalized spacial score (nSPS) is 17.2. The third-order valence-corrected chi connectivity index (χ3v) is 6.42. The molecule has 1 aliphatic heterocycles. The van der Waals surface area contributed by atoms with Crippen molar-refractivity contribution in [3.8, 4) is 5.75 Å². The molecule has 4 aromatic rings. The van der Waals surface area contributed by atoms with E-state index in [0.29, 0.717) is 17.7 Å². The lowest BCUT2D eigenvalue weighted by Crippen LogP contribution is -2.31. The van der Waals surface area contributed by atoms with Crippen LogP contribution in [-0.2, 0) is 16.0 Å². The van der Waals surface area contributed by atoms with E-state index in [-0.39, 0.29) is 17.7 Å². The Labute approximate surface area is 205 Å². The number of aromatic amines is 1. The van der Waals surface area contributed by atoms with Gasteiger partial charge in [-0.2, -0.15) is 0 Å². The molecular formula is C28H22F2N2O4. The third kappa shape index (κ3) is 4.11. The fourth-order valence-electron chi connectivity index (χ4n) is 4.63. The van der Waals surface area contributed by atoms with Gasteiger partial charge in [-0.05, 0) is 72.1 Å². The number of fused-ring (bicyclic) bond motifs is 1. The molecule has 8 heteroatoms. The Kier molecular flexibility index (Phi) is 6.01. The number of methoxy groups -OCH3 is 1. The number of ether oxygens (including phenoxy) is 1. The van der Waals surface area contributed by atoms with E-state index in [9.17, 15) is 23.5 Å². The van der Waals surface area contributed by atoms with E-state index in [4.69, 9.17) is 4.74 Å². The van der Waals surface area contributed by atoms with Crippen molar-refractivity contribution in [1.29, 1.82) is 0 Å². The number of hydrogen-bond acceptors (Lipinski definition) is 4. The summed E-state index contributed by atoms with van der Waals surface area (Å²) in [6.07, 6.45) is 2.22. The summed E-state index contributed by atoms with van der Waals surface area (Å²) in [6, 6.07) is 15.1. The van der Waals surface area contributed by atoms with Crippen molar-refractivity contribution in [2.75, 3.05) is 13.7 Å². The number of aliphatic hydroxyl groups excluding tert-OH is 1. The molecule has 1 amide bonds. The smallest absolute Gasteiger partial charge is 0.295 e. The van der Waals surface area contributed by atoms with Crippen LogP contribution in [0.2, 0.25) is 0 Å². The number of H-pyrrole nitrogens is 1. The van der Waals surface area contributed by atoms with Gasteiger partial charge in [0.2, 0.25) is 0 Å². The topological polar surface area (TPSA) is 82.6 Å². The van der Waals surface area contributed by atoms with Crippen molar-refractivity contribution in [3.05, 3.63) is 107 Å². The maximum Gasteiger partial charge on any atom is 0.295 e. The van der Waals surface area contributed by atoms with Crippen molar-refractivity contribution in [2.24, 2.45) is 0 Å². The molecule has 1 fully saturated rings. The van der Waals surface area contributed by atoms with Gasteiger partial charge in [0.25, 0.3) is 11.7 Å². The number of carbonyl (C=O) groups excluding carboxylic acids is 2. The molecule has 1 saturated heterocycles. The van der Waals surface area contributed by atoms with Gasteiger partial charge in [0.05, 0.1) is 18.7 Å². The fraction of sp³-hybridized carbons (Fsp3) is 0.143. The van der Waals surface area contributed by atoms with Gasteiger partial charge >= 0.3 is 0 Å². The van der Waals surface area contributed by atoms with E-state index in [1.165, 1.54) is 35.2 Å². The number of aliphatic hydroxyl groups is 1. The number of halogens is 2. The minimum Gasteiger partial charge on any atom is -0.507 e. The molecule has 1 atom stereocenters. The van der Waals surface area contributed by atoms with Gasteiger partial charge in [-0.3, -0.25) is 9.59 Å². The van der Waals surface area contributed by atoms with Gasteiger partial charge < -0.3 is 19.7 Å². The molecule has 0 aliphatic carbocycles.